The average molecular weight is 397 g/mol. The first kappa shape index (κ1) is 23.0. The van der Waals surface area contributed by atoms with Crippen molar-refractivity contribution in [2.45, 2.75) is 84.5 Å². The number of carbonyl (C=O) groups excluding carboxylic acids is 1. The van der Waals surface area contributed by atoms with E-state index >= 15 is 0 Å². The van der Waals surface area contributed by atoms with E-state index in [0.29, 0.717) is 5.75 Å². The minimum absolute atomic E-state index is 0.00769. The van der Waals surface area contributed by atoms with Crippen molar-refractivity contribution in [2.24, 2.45) is 0 Å². The van der Waals surface area contributed by atoms with E-state index in [0.717, 1.165) is 24.8 Å². The third-order valence-electron chi connectivity index (χ3n) is 5.30. The highest BCUT2D eigenvalue weighted by Gasteiger charge is 2.14. The van der Waals surface area contributed by atoms with Crippen LogP contribution in [0, 0.1) is 0 Å². The van der Waals surface area contributed by atoms with Gasteiger partial charge < -0.3 is 9.84 Å². The summed E-state index contributed by atoms with van der Waals surface area (Å²) in [6.45, 7) is 4.41. The lowest BCUT2D eigenvalue weighted by Gasteiger charge is -2.09. The van der Waals surface area contributed by atoms with Crippen molar-refractivity contribution >= 4 is 5.97 Å². The first-order valence-corrected chi connectivity index (χ1v) is 11.3. The van der Waals surface area contributed by atoms with Gasteiger partial charge >= 0.3 is 5.97 Å². The van der Waals surface area contributed by atoms with Crippen LogP contribution in [0.4, 0.5) is 0 Å². The van der Waals surface area contributed by atoms with Crippen molar-refractivity contribution in [1.29, 1.82) is 0 Å². The molecule has 2 rings (SSSR count). The zero-order chi connectivity index (χ0) is 20.9. The third-order valence-corrected chi connectivity index (χ3v) is 5.30. The van der Waals surface area contributed by atoms with Gasteiger partial charge in [0.25, 0.3) is 0 Å². The Kier molecular flexibility index (Phi) is 10.3. The van der Waals surface area contributed by atoms with E-state index < -0.39 is 5.97 Å². The summed E-state index contributed by atoms with van der Waals surface area (Å²) in [5.74, 6) is -0.0215. The van der Waals surface area contributed by atoms with E-state index in [2.05, 4.69) is 13.8 Å². The fourth-order valence-corrected chi connectivity index (χ4v) is 3.48. The highest BCUT2D eigenvalue weighted by Crippen LogP contribution is 2.23. The molecule has 0 heterocycles. The lowest BCUT2D eigenvalue weighted by atomic mass is 10.0. The molecule has 0 saturated carbocycles. The highest BCUT2D eigenvalue weighted by molar-refractivity contribution is 5.93. The van der Waals surface area contributed by atoms with Crippen LogP contribution in [0.25, 0.3) is 0 Å². The number of rotatable bonds is 13. The maximum Gasteiger partial charge on any atom is 0.347 e. The molecule has 29 heavy (non-hydrogen) atoms. The second-order valence-corrected chi connectivity index (χ2v) is 7.86. The van der Waals surface area contributed by atoms with Gasteiger partial charge in [-0.05, 0) is 61.1 Å². The number of phenols is 1. The van der Waals surface area contributed by atoms with Crippen LogP contribution in [0.2, 0.25) is 0 Å². The van der Waals surface area contributed by atoms with Crippen molar-refractivity contribution in [3.05, 3.63) is 59.2 Å². The Hall–Kier alpha value is -2.29. The van der Waals surface area contributed by atoms with Crippen LogP contribution in [0.1, 0.15) is 93.1 Å². The van der Waals surface area contributed by atoms with E-state index in [1.165, 1.54) is 56.9 Å². The Morgan fingerprint density at radius 3 is 1.93 bits per heavy atom. The molecule has 0 unspecified atom stereocenters. The predicted molar refractivity (Wildman–Crippen MR) is 120 cm³/mol. The minimum Gasteiger partial charge on any atom is -0.507 e. The third kappa shape index (κ3) is 8.31. The van der Waals surface area contributed by atoms with Crippen molar-refractivity contribution in [2.75, 3.05) is 0 Å². The van der Waals surface area contributed by atoms with Gasteiger partial charge in [-0.15, -0.1) is 0 Å². The van der Waals surface area contributed by atoms with Crippen molar-refractivity contribution in [3.8, 4) is 11.5 Å². The molecule has 0 bridgehead atoms. The van der Waals surface area contributed by atoms with E-state index in [1.54, 1.807) is 12.1 Å². The van der Waals surface area contributed by atoms with Gasteiger partial charge in [-0.25, -0.2) is 4.79 Å². The SMILES string of the molecule is CCCCCCCc1ccc(OC(=O)c2ccc(CCCCCC)cc2O)cc1. The summed E-state index contributed by atoms with van der Waals surface area (Å²) < 4.78 is 5.45. The standard InChI is InChI=1S/C26H36O3/c1-3-5-7-9-11-12-21-14-17-23(18-15-21)29-26(28)24-19-16-22(20-25(24)27)13-10-8-6-4-2/h14-20,27H,3-13H2,1-2H3. The Balaban J connectivity index is 1.84. The maximum atomic E-state index is 12.4. The lowest BCUT2D eigenvalue weighted by molar-refractivity contribution is 0.0731. The van der Waals surface area contributed by atoms with Gasteiger partial charge in [0, 0.05) is 0 Å². The number of hydrogen-bond donors (Lipinski definition) is 1. The van der Waals surface area contributed by atoms with Crippen molar-refractivity contribution < 1.29 is 14.6 Å². The zero-order valence-electron chi connectivity index (χ0n) is 18.1. The van der Waals surface area contributed by atoms with E-state index in [-0.39, 0.29) is 11.3 Å². The molecule has 0 radical (unpaired) electrons. The van der Waals surface area contributed by atoms with Crippen molar-refractivity contribution in [3.63, 3.8) is 0 Å². The van der Waals surface area contributed by atoms with Crippen LogP contribution in [-0.4, -0.2) is 11.1 Å². The molecule has 0 aliphatic rings. The fraction of sp³-hybridized carbons (Fsp3) is 0.500. The number of aryl methyl sites for hydroxylation is 2. The molecule has 1 N–H and O–H groups in total. The van der Waals surface area contributed by atoms with Crippen molar-refractivity contribution in [1.82, 2.24) is 0 Å². The highest BCUT2D eigenvalue weighted by atomic mass is 16.5. The molecule has 0 aliphatic carbocycles. The molecule has 0 aliphatic heterocycles. The maximum absolute atomic E-state index is 12.4. The predicted octanol–water partition coefficient (Wildman–Crippen LogP) is 7.25. The molecule has 0 saturated heterocycles. The average Bonchev–Trinajstić information content (AvgIpc) is 2.72. The van der Waals surface area contributed by atoms with Gasteiger partial charge in [0.2, 0.25) is 0 Å². The first-order chi connectivity index (χ1) is 14.1. The van der Waals surface area contributed by atoms with Gasteiger partial charge in [-0.1, -0.05) is 77.0 Å². The number of benzene rings is 2. The summed E-state index contributed by atoms with van der Waals surface area (Å²) in [4.78, 5) is 12.4. The monoisotopic (exact) mass is 396 g/mol. The molecular formula is C26H36O3. The number of unbranched alkanes of at least 4 members (excludes halogenated alkanes) is 7. The minimum atomic E-state index is -0.521. The molecule has 158 valence electrons. The Morgan fingerprint density at radius 1 is 0.759 bits per heavy atom. The quantitative estimate of drug-likeness (QED) is 0.220. The van der Waals surface area contributed by atoms with Gasteiger partial charge in [0.05, 0.1) is 0 Å². The number of hydrogen-bond acceptors (Lipinski definition) is 3. The zero-order valence-corrected chi connectivity index (χ0v) is 18.1. The number of esters is 1. The Bertz CT molecular complexity index is 734. The molecule has 3 nitrogen and oxygen atoms in total. The molecule has 2 aromatic carbocycles. The summed E-state index contributed by atoms with van der Waals surface area (Å²) in [6.07, 6.45) is 13.0. The van der Waals surface area contributed by atoms with E-state index in [4.69, 9.17) is 4.74 Å². The van der Waals surface area contributed by atoms with Gasteiger partial charge in [-0.2, -0.15) is 0 Å². The summed E-state index contributed by atoms with van der Waals surface area (Å²) in [7, 11) is 0. The van der Waals surface area contributed by atoms with Crippen LogP contribution in [0.5, 0.6) is 11.5 Å². The number of aromatic hydroxyl groups is 1. The Morgan fingerprint density at radius 2 is 1.31 bits per heavy atom. The largest absolute Gasteiger partial charge is 0.507 e. The molecule has 0 aromatic heterocycles. The summed E-state index contributed by atoms with van der Waals surface area (Å²) in [6, 6.07) is 13.0. The van der Waals surface area contributed by atoms with Gasteiger partial charge in [0.1, 0.15) is 17.1 Å². The molecule has 0 amide bonds. The number of carbonyl (C=O) groups is 1. The topological polar surface area (TPSA) is 46.5 Å². The summed E-state index contributed by atoms with van der Waals surface area (Å²) >= 11 is 0. The fourth-order valence-electron chi connectivity index (χ4n) is 3.48. The van der Waals surface area contributed by atoms with Crippen LogP contribution in [0.3, 0.4) is 0 Å². The van der Waals surface area contributed by atoms with E-state index in [9.17, 15) is 9.90 Å². The molecule has 2 aromatic rings. The Labute approximate surface area is 176 Å². The summed E-state index contributed by atoms with van der Waals surface area (Å²) in [5, 5.41) is 10.2. The lowest BCUT2D eigenvalue weighted by Crippen LogP contribution is -2.09. The normalized spacial score (nSPS) is 10.8. The summed E-state index contributed by atoms with van der Waals surface area (Å²) in [5.41, 5.74) is 2.53. The second kappa shape index (κ2) is 13.0. The first-order valence-electron chi connectivity index (χ1n) is 11.3. The van der Waals surface area contributed by atoms with E-state index in [1.807, 2.05) is 30.3 Å². The van der Waals surface area contributed by atoms with Crippen LogP contribution in [-0.2, 0) is 12.8 Å². The molecule has 0 spiro atoms. The molecule has 0 fully saturated rings. The number of phenolic OH excluding ortho intramolecular Hbond substituents is 1. The molecular weight excluding hydrogens is 360 g/mol. The van der Waals surface area contributed by atoms with Gasteiger partial charge in [-0.3, -0.25) is 0 Å². The smallest absolute Gasteiger partial charge is 0.347 e. The van der Waals surface area contributed by atoms with Gasteiger partial charge in [0.15, 0.2) is 0 Å². The molecule has 3 heteroatoms. The van der Waals surface area contributed by atoms with Crippen LogP contribution >= 0.6 is 0 Å². The van der Waals surface area contributed by atoms with Crippen LogP contribution in [0.15, 0.2) is 42.5 Å². The number of ether oxygens (including phenoxy) is 1. The second-order valence-electron chi connectivity index (χ2n) is 7.86. The molecule has 0 atom stereocenters. The van der Waals surface area contributed by atoms with Crippen LogP contribution < -0.4 is 4.74 Å².